The maximum Gasteiger partial charge on any atom is 0.147 e. The summed E-state index contributed by atoms with van der Waals surface area (Å²) in [4.78, 5) is 0. The molecule has 0 aliphatic heterocycles. The smallest absolute Gasteiger partial charge is 0.147 e. The molecule has 1 heterocycles. The molecule has 7 heteroatoms. The van der Waals surface area contributed by atoms with Crippen LogP contribution in [-0.4, -0.2) is 16.2 Å². The van der Waals surface area contributed by atoms with Crippen molar-refractivity contribution < 1.29 is 0 Å². The van der Waals surface area contributed by atoms with Crippen LogP contribution in [0.25, 0.3) is 0 Å². The molecule has 2 aromatic carbocycles. The van der Waals surface area contributed by atoms with Gasteiger partial charge in [-0.3, -0.25) is 5.10 Å². The third-order valence-electron chi connectivity index (χ3n) is 4.48. The number of halogens is 1. The van der Waals surface area contributed by atoms with Crippen LogP contribution >= 0.6 is 15.9 Å². The average molecular weight is 441 g/mol. The van der Waals surface area contributed by atoms with E-state index in [-0.39, 0.29) is 0 Å². The van der Waals surface area contributed by atoms with E-state index in [9.17, 15) is 0 Å². The molecule has 1 aliphatic carbocycles. The number of nitrogens with two attached hydrogens (primary N) is 1. The van der Waals surface area contributed by atoms with Crippen molar-refractivity contribution in [3.63, 3.8) is 0 Å². The van der Waals surface area contributed by atoms with Gasteiger partial charge in [0.15, 0.2) is 0 Å². The molecule has 0 bridgehead atoms. The summed E-state index contributed by atoms with van der Waals surface area (Å²) < 4.78 is 0.831. The van der Waals surface area contributed by atoms with E-state index < -0.39 is 0 Å². The van der Waals surface area contributed by atoms with Gasteiger partial charge in [-0.15, -0.1) is 0 Å². The third kappa shape index (κ3) is 6.49. The number of benzene rings is 2. The van der Waals surface area contributed by atoms with E-state index in [1.807, 2.05) is 54.7 Å². The second kappa shape index (κ2) is 10.6. The Morgan fingerprint density at radius 3 is 2.39 bits per heavy atom. The van der Waals surface area contributed by atoms with Crippen LogP contribution in [0.2, 0.25) is 0 Å². The van der Waals surface area contributed by atoms with Crippen molar-refractivity contribution in [3.05, 3.63) is 65.3 Å². The minimum Gasteiger partial charge on any atom is -0.398 e. The summed E-state index contributed by atoms with van der Waals surface area (Å²) in [7, 11) is 0. The van der Waals surface area contributed by atoms with Crippen molar-refractivity contribution in [1.82, 2.24) is 10.2 Å². The Bertz CT molecular complexity index is 858. The molecule has 0 atom stereocenters. The highest BCUT2D eigenvalue weighted by Gasteiger charge is 2.12. The van der Waals surface area contributed by atoms with Crippen LogP contribution < -0.4 is 11.1 Å². The lowest BCUT2D eigenvalue weighted by molar-refractivity contribution is 0.462. The molecule has 4 rings (SSSR count). The van der Waals surface area contributed by atoms with Gasteiger partial charge in [0, 0.05) is 22.4 Å². The predicted octanol–water partition coefficient (Wildman–Crippen LogP) is 6.60. The van der Waals surface area contributed by atoms with Crippen molar-refractivity contribution in [1.29, 1.82) is 0 Å². The lowest BCUT2D eigenvalue weighted by Crippen LogP contribution is -2.22. The normalized spacial score (nSPS) is 14.5. The first-order chi connectivity index (χ1) is 13.7. The van der Waals surface area contributed by atoms with Crippen LogP contribution in [-0.2, 0) is 0 Å². The molecule has 1 aromatic heterocycles. The number of nitrogens with zero attached hydrogens (tertiary/aromatic N) is 3. The highest BCUT2D eigenvalue weighted by atomic mass is 79.9. The largest absolute Gasteiger partial charge is 0.398 e. The first kappa shape index (κ1) is 20.1. The highest BCUT2D eigenvalue weighted by molar-refractivity contribution is 9.10. The topological polar surface area (TPSA) is 91.4 Å². The van der Waals surface area contributed by atoms with Gasteiger partial charge in [0.05, 0.1) is 11.4 Å². The number of azo groups is 1. The SMILES string of the molecule is Nc1ccc(N=Nc2ccccc2)cc1Br.c1cc(NC2CCCCC2)n[nH]1. The third-order valence-corrected chi connectivity index (χ3v) is 5.17. The molecule has 28 heavy (non-hydrogen) atoms. The Balaban J connectivity index is 0.000000167. The first-order valence-electron chi connectivity index (χ1n) is 9.49. The molecule has 146 valence electrons. The van der Waals surface area contributed by atoms with Crippen molar-refractivity contribution in [2.75, 3.05) is 11.1 Å². The summed E-state index contributed by atoms with van der Waals surface area (Å²) in [5.41, 5.74) is 7.97. The van der Waals surface area contributed by atoms with E-state index in [0.29, 0.717) is 11.7 Å². The maximum absolute atomic E-state index is 5.68. The predicted molar refractivity (Wildman–Crippen MR) is 118 cm³/mol. The number of H-pyrrole nitrogens is 1. The lowest BCUT2D eigenvalue weighted by atomic mass is 9.96. The van der Waals surface area contributed by atoms with Gasteiger partial charge < -0.3 is 11.1 Å². The van der Waals surface area contributed by atoms with Gasteiger partial charge in [0.25, 0.3) is 0 Å². The highest BCUT2D eigenvalue weighted by Crippen LogP contribution is 2.26. The van der Waals surface area contributed by atoms with Crippen LogP contribution in [0.4, 0.5) is 22.9 Å². The summed E-state index contributed by atoms with van der Waals surface area (Å²) in [6.07, 6.45) is 8.58. The van der Waals surface area contributed by atoms with E-state index in [1.165, 1.54) is 32.1 Å². The quantitative estimate of drug-likeness (QED) is 0.315. The summed E-state index contributed by atoms with van der Waals surface area (Å²) in [5.74, 6) is 0.988. The van der Waals surface area contributed by atoms with E-state index >= 15 is 0 Å². The molecule has 1 saturated carbocycles. The van der Waals surface area contributed by atoms with E-state index in [2.05, 4.69) is 41.7 Å². The van der Waals surface area contributed by atoms with Gasteiger partial charge in [-0.25, -0.2) is 0 Å². The molecule has 4 N–H and O–H groups in total. The van der Waals surface area contributed by atoms with Crippen LogP contribution in [0.15, 0.2) is 75.5 Å². The first-order valence-corrected chi connectivity index (χ1v) is 10.3. The number of hydrogen-bond donors (Lipinski definition) is 3. The Labute approximate surface area is 173 Å². The Hall–Kier alpha value is -2.67. The fraction of sp³-hybridized carbons (Fsp3) is 0.286. The van der Waals surface area contributed by atoms with Gasteiger partial charge >= 0.3 is 0 Å². The number of hydrogen-bond acceptors (Lipinski definition) is 5. The summed E-state index contributed by atoms with van der Waals surface area (Å²) in [6, 6.07) is 17.7. The van der Waals surface area contributed by atoms with Gasteiger partial charge in [-0.2, -0.15) is 15.3 Å². The number of nitrogens with one attached hydrogen (secondary N) is 2. The number of aromatic amines is 1. The average Bonchev–Trinajstić information content (AvgIpc) is 3.24. The van der Waals surface area contributed by atoms with Gasteiger partial charge in [-0.1, -0.05) is 37.5 Å². The van der Waals surface area contributed by atoms with Gasteiger partial charge in [0.2, 0.25) is 0 Å². The number of aromatic nitrogens is 2. The molecule has 6 nitrogen and oxygen atoms in total. The summed E-state index contributed by atoms with van der Waals surface area (Å²) in [5, 5.41) is 18.5. The van der Waals surface area contributed by atoms with Crippen molar-refractivity contribution >= 4 is 38.8 Å². The monoisotopic (exact) mass is 440 g/mol. The molecular formula is C21H25BrN6. The molecule has 3 aromatic rings. The fourth-order valence-corrected chi connectivity index (χ4v) is 3.35. The van der Waals surface area contributed by atoms with Gasteiger partial charge in [0.1, 0.15) is 5.82 Å². The molecule has 1 aliphatic rings. The zero-order chi connectivity index (χ0) is 19.6. The fourth-order valence-electron chi connectivity index (χ4n) is 2.99. The second-order valence-electron chi connectivity index (χ2n) is 6.68. The second-order valence-corrected chi connectivity index (χ2v) is 7.53. The van der Waals surface area contributed by atoms with Crippen molar-refractivity contribution in [3.8, 4) is 0 Å². The molecule has 1 fully saturated rings. The Kier molecular flexibility index (Phi) is 7.61. The van der Waals surface area contributed by atoms with E-state index in [4.69, 9.17) is 5.73 Å². The molecule has 0 amide bonds. The van der Waals surface area contributed by atoms with E-state index in [0.717, 1.165) is 21.7 Å². The molecule has 0 spiro atoms. The van der Waals surface area contributed by atoms with Crippen molar-refractivity contribution in [2.24, 2.45) is 10.2 Å². The Morgan fingerprint density at radius 2 is 1.71 bits per heavy atom. The van der Waals surface area contributed by atoms with Crippen LogP contribution in [0, 0.1) is 0 Å². The van der Waals surface area contributed by atoms with E-state index in [1.54, 1.807) is 6.07 Å². The van der Waals surface area contributed by atoms with Crippen LogP contribution in [0.3, 0.4) is 0 Å². The summed E-state index contributed by atoms with van der Waals surface area (Å²) >= 11 is 3.35. The number of rotatable bonds is 4. The minimum absolute atomic E-state index is 0.655. The zero-order valence-electron chi connectivity index (χ0n) is 15.7. The molecule has 0 saturated heterocycles. The Morgan fingerprint density at radius 1 is 0.964 bits per heavy atom. The van der Waals surface area contributed by atoms with Crippen LogP contribution in [0.5, 0.6) is 0 Å². The molecule has 0 unspecified atom stereocenters. The van der Waals surface area contributed by atoms with Crippen molar-refractivity contribution in [2.45, 2.75) is 38.1 Å². The zero-order valence-corrected chi connectivity index (χ0v) is 17.3. The molecule has 0 radical (unpaired) electrons. The number of anilines is 2. The van der Waals surface area contributed by atoms with Gasteiger partial charge in [-0.05, 0) is 65.2 Å². The lowest BCUT2D eigenvalue weighted by Gasteiger charge is -2.22. The molecular weight excluding hydrogens is 416 g/mol. The maximum atomic E-state index is 5.68. The van der Waals surface area contributed by atoms with Crippen LogP contribution in [0.1, 0.15) is 32.1 Å². The number of nitrogen functional groups attached to an aromatic ring is 1. The summed E-state index contributed by atoms with van der Waals surface area (Å²) in [6.45, 7) is 0. The minimum atomic E-state index is 0.655. The standard InChI is InChI=1S/C12H10BrN3.C9H15N3/c13-11-8-10(6-7-12(11)14)16-15-9-4-2-1-3-5-9;1-2-4-8(5-3-1)11-9-6-7-10-12-9/h1-8H,14H2;6-8H,1-5H2,(H2,10,11,12).